The van der Waals surface area contributed by atoms with E-state index in [1.54, 1.807) is 0 Å². The summed E-state index contributed by atoms with van der Waals surface area (Å²) in [5, 5.41) is 1.80. The molecule has 2 aromatic carbocycles. The van der Waals surface area contributed by atoms with Crippen LogP contribution >= 0.6 is 11.6 Å². The van der Waals surface area contributed by atoms with E-state index in [-0.39, 0.29) is 0 Å². The van der Waals surface area contributed by atoms with Crippen LogP contribution in [0.3, 0.4) is 0 Å². The highest BCUT2D eigenvalue weighted by molar-refractivity contribution is 6.31. The molecule has 0 aliphatic rings. The zero-order valence-electron chi connectivity index (χ0n) is 10.6. The molecule has 0 saturated heterocycles. The number of nitrogens with two attached hydrogens (primary N) is 1. The predicted octanol–water partition coefficient (Wildman–Crippen LogP) is 4.52. The van der Waals surface area contributed by atoms with Gasteiger partial charge in [0.15, 0.2) is 0 Å². The molecule has 0 amide bonds. The van der Waals surface area contributed by atoms with Crippen molar-refractivity contribution in [3.05, 3.63) is 58.6 Å². The van der Waals surface area contributed by atoms with E-state index in [9.17, 15) is 0 Å². The highest BCUT2D eigenvalue weighted by Gasteiger charge is 2.09. The van der Waals surface area contributed by atoms with Gasteiger partial charge >= 0.3 is 0 Å². The van der Waals surface area contributed by atoms with Crippen LogP contribution in [0.1, 0.15) is 11.1 Å². The molecule has 0 fully saturated rings. The van der Waals surface area contributed by atoms with Crippen molar-refractivity contribution >= 4 is 22.6 Å². The summed E-state index contributed by atoms with van der Waals surface area (Å²) in [6.45, 7) is 2.47. The van der Waals surface area contributed by atoms with Crippen LogP contribution in [0.2, 0.25) is 5.02 Å². The summed E-state index contributed by atoms with van der Waals surface area (Å²) in [6, 6.07) is 14.0. The molecule has 0 bridgehead atoms. The van der Waals surface area contributed by atoms with Crippen LogP contribution in [-0.2, 0) is 6.54 Å². The average Bonchev–Trinajstić information content (AvgIpc) is 2.85. The zero-order chi connectivity index (χ0) is 13.4. The average molecular weight is 272 g/mol. The number of fused-ring (bicyclic) bond motifs is 1. The van der Waals surface area contributed by atoms with Crippen molar-refractivity contribution in [3.8, 4) is 11.3 Å². The van der Waals surface area contributed by atoms with Crippen molar-refractivity contribution < 1.29 is 4.42 Å². The van der Waals surface area contributed by atoms with E-state index >= 15 is 0 Å². The molecule has 0 aliphatic heterocycles. The first-order valence-corrected chi connectivity index (χ1v) is 6.55. The van der Waals surface area contributed by atoms with E-state index in [4.69, 9.17) is 21.8 Å². The Morgan fingerprint density at radius 1 is 1.16 bits per heavy atom. The maximum Gasteiger partial charge on any atom is 0.137 e. The molecule has 3 rings (SSSR count). The lowest BCUT2D eigenvalue weighted by Gasteiger charge is -2.03. The van der Waals surface area contributed by atoms with Gasteiger partial charge in [-0.15, -0.1) is 0 Å². The second kappa shape index (κ2) is 4.72. The molecule has 0 saturated carbocycles. The minimum absolute atomic E-state index is 0.423. The minimum atomic E-state index is 0.423. The Balaban J connectivity index is 2.16. The molecular weight excluding hydrogens is 258 g/mol. The van der Waals surface area contributed by atoms with Crippen molar-refractivity contribution in [2.45, 2.75) is 13.5 Å². The Morgan fingerprint density at radius 2 is 2.00 bits per heavy atom. The first-order chi connectivity index (χ1) is 9.19. The summed E-state index contributed by atoms with van der Waals surface area (Å²) in [7, 11) is 0. The van der Waals surface area contributed by atoms with Crippen LogP contribution in [0, 0.1) is 6.92 Å². The number of hydrogen-bond acceptors (Lipinski definition) is 2. The quantitative estimate of drug-likeness (QED) is 0.744. The van der Waals surface area contributed by atoms with Gasteiger partial charge < -0.3 is 10.2 Å². The number of halogens is 1. The van der Waals surface area contributed by atoms with Crippen molar-refractivity contribution in [1.29, 1.82) is 0 Å². The molecule has 2 nitrogen and oxygen atoms in total. The summed E-state index contributed by atoms with van der Waals surface area (Å²) in [5.41, 5.74) is 9.68. The zero-order valence-corrected chi connectivity index (χ0v) is 11.4. The third kappa shape index (κ3) is 2.14. The van der Waals surface area contributed by atoms with Gasteiger partial charge in [0, 0.05) is 22.5 Å². The van der Waals surface area contributed by atoms with Crippen LogP contribution < -0.4 is 5.73 Å². The van der Waals surface area contributed by atoms with Gasteiger partial charge in [-0.05, 0) is 42.3 Å². The van der Waals surface area contributed by atoms with Crippen LogP contribution in [-0.4, -0.2) is 0 Å². The number of rotatable bonds is 2. The second-order valence-electron chi connectivity index (χ2n) is 4.61. The van der Waals surface area contributed by atoms with Crippen LogP contribution in [0.5, 0.6) is 0 Å². The van der Waals surface area contributed by atoms with Gasteiger partial charge in [-0.1, -0.05) is 29.8 Å². The number of furan rings is 1. The third-order valence-electron chi connectivity index (χ3n) is 3.29. The SMILES string of the molecule is Cc1cccc2cc(-c3ccc(Cl)c(CN)c3)oc12. The summed E-state index contributed by atoms with van der Waals surface area (Å²) in [6.07, 6.45) is 0. The number of benzene rings is 2. The second-order valence-corrected chi connectivity index (χ2v) is 5.02. The highest BCUT2D eigenvalue weighted by atomic mass is 35.5. The molecular formula is C16H14ClNO. The standard InChI is InChI=1S/C16H14ClNO/c1-10-3-2-4-12-8-15(19-16(10)12)11-5-6-14(17)13(7-11)9-18/h2-8H,9,18H2,1H3. The summed E-state index contributed by atoms with van der Waals surface area (Å²) in [4.78, 5) is 0. The maximum atomic E-state index is 6.08. The van der Waals surface area contributed by atoms with Gasteiger partial charge in [0.2, 0.25) is 0 Å². The van der Waals surface area contributed by atoms with Crippen LogP contribution in [0.4, 0.5) is 0 Å². The fourth-order valence-corrected chi connectivity index (χ4v) is 2.43. The number of hydrogen-bond donors (Lipinski definition) is 1. The summed E-state index contributed by atoms with van der Waals surface area (Å²) >= 11 is 6.08. The lowest BCUT2D eigenvalue weighted by atomic mass is 10.1. The van der Waals surface area contributed by atoms with Crippen molar-refractivity contribution in [2.75, 3.05) is 0 Å². The first-order valence-electron chi connectivity index (χ1n) is 6.17. The molecule has 96 valence electrons. The molecule has 0 radical (unpaired) electrons. The molecule has 0 spiro atoms. The van der Waals surface area contributed by atoms with Crippen LogP contribution in [0.15, 0.2) is 46.9 Å². The molecule has 2 N–H and O–H groups in total. The Bertz CT molecular complexity index is 746. The normalized spacial score (nSPS) is 11.1. The lowest BCUT2D eigenvalue weighted by molar-refractivity contribution is 0.629. The fraction of sp³-hybridized carbons (Fsp3) is 0.125. The molecule has 0 unspecified atom stereocenters. The molecule has 3 aromatic rings. The van der Waals surface area contributed by atoms with Gasteiger partial charge in [-0.25, -0.2) is 0 Å². The highest BCUT2D eigenvalue weighted by Crippen LogP contribution is 2.31. The molecule has 3 heteroatoms. The molecule has 0 aliphatic carbocycles. The Kier molecular flexibility index (Phi) is 3.05. The molecule has 1 aromatic heterocycles. The smallest absolute Gasteiger partial charge is 0.137 e. The van der Waals surface area contributed by atoms with Gasteiger partial charge in [0.25, 0.3) is 0 Å². The predicted molar refractivity (Wildman–Crippen MR) is 79.3 cm³/mol. The molecule has 0 atom stereocenters. The van der Waals surface area contributed by atoms with Crippen LogP contribution in [0.25, 0.3) is 22.3 Å². The monoisotopic (exact) mass is 271 g/mol. The summed E-state index contributed by atoms with van der Waals surface area (Å²) < 4.78 is 5.94. The maximum absolute atomic E-state index is 6.08. The van der Waals surface area contributed by atoms with E-state index in [0.717, 1.165) is 33.4 Å². The Morgan fingerprint density at radius 3 is 2.74 bits per heavy atom. The summed E-state index contributed by atoms with van der Waals surface area (Å²) in [5.74, 6) is 0.843. The Labute approximate surface area is 116 Å². The Hall–Kier alpha value is -1.77. The topological polar surface area (TPSA) is 39.2 Å². The minimum Gasteiger partial charge on any atom is -0.456 e. The van der Waals surface area contributed by atoms with Crippen molar-refractivity contribution in [1.82, 2.24) is 0 Å². The van der Waals surface area contributed by atoms with E-state index in [0.29, 0.717) is 11.6 Å². The third-order valence-corrected chi connectivity index (χ3v) is 3.66. The lowest BCUT2D eigenvalue weighted by Crippen LogP contribution is -1.97. The first kappa shape index (κ1) is 12.3. The van der Waals surface area contributed by atoms with Crippen molar-refractivity contribution in [3.63, 3.8) is 0 Å². The van der Waals surface area contributed by atoms with Gasteiger partial charge in [-0.2, -0.15) is 0 Å². The van der Waals surface area contributed by atoms with E-state index in [2.05, 4.69) is 6.07 Å². The van der Waals surface area contributed by atoms with E-state index in [1.165, 1.54) is 0 Å². The molecule has 1 heterocycles. The fourth-order valence-electron chi connectivity index (χ4n) is 2.24. The van der Waals surface area contributed by atoms with Crippen molar-refractivity contribution in [2.24, 2.45) is 5.73 Å². The molecule has 19 heavy (non-hydrogen) atoms. The largest absolute Gasteiger partial charge is 0.456 e. The van der Waals surface area contributed by atoms with Gasteiger partial charge in [0.05, 0.1) is 0 Å². The van der Waals surface area contributed by atoms with Gasteiger partial charge in [0.1, 0.15) is 11.3 Å². The van der Waals surface area contributed by atoms with E-state index < -0.39 is 0 Å². The number of aryl methyl sites for hydroxylation is 1. The van der Waals surface area contributed by atoms with E-state index in [1.807, 2.05) is 43.3 Å². The number of para-hydroxylation sites is 1. The van der Waals surface area contributed by atoms with Gasteiger partial charge in [-0.3, -0.25) is 0 Å².